The molecule has 1 saturated carbocycles. The molecule has 1 aromatic rings. The largest absolute Gasteiger partial charge is 0.534 e. The molecule has 112 valence electrons. The molecule has 0 radical (unpaired) electrons. The fourth-order valence-electron chi connectivity index (χ4n) is 2.19. The molecule has 20 heavy (non-hydrogen) atoms. The molecule has 8 heteroatoms. The lowest BCUT2D eigenvalue weighted by Crippen LogP contribution is -2.31. The van der Waals surface area contributed by atoms with E-state index in [4.69, 9.17) is 0 Å². The summed E-state index contributed by atoms with van der Waals surface area (Å²) in [6.07, 6.45) is 2.52. The Morgan fingerprint density at radius 3 is 2.25 bits per heavy atom. The van der Waals surface area contributed by atoms with Gasteiger partial charge in [-0.25, -0.2) is 4.39 Å². The van der Waals surface area contributed by atoms with Crippen LogP contribution in [-0.4, -0.2) is 13.9 Å². The molecule has 1 fully saturated rings. The van der Waals surface area contributed by atoms with Crippen molar-refractivity contribution in [1.82, 2.24) is 0 Å². The van der Waals surface area contributed by atoms with Crippen LogP contribution in [0, 0.1) is 5.82 Å². The minimum absolute atomic E-state index is 0.342. The zero-order valence-electron chi connectivity index (χ0n) is 10.5. The number of hydrogen-bond acceptors (Lipinski definition) is 3. The fourth-order valence-corrected chi connectivity index (χ4v) is 2.64. The standard InChI is InChI=1S/C12H12F4O3S/c1-11(5-2-6-11)9-4-3-8(7-10(9)13)19-20(17,18)12(14,15)16/h3-4,7H,2,5-6H2,1H3. The third-order valence-electron chi connectivity index (χ3n) is 3.54. The fraction of sp³-hybridized carbons (Fsp3) is 0.500. The topological polar surface area (TPSA) is 43.4 Å². The van der Waals surface area contributed by atoms with Crippen LogP contribution in [0.5, 0.6) is 5.75 Å². The van der Waals surface area contributed by atoms with E-state index in [0.717, 1.165) is 25.3 Å². The maximum atomic E-state index is 13.9. The number of rotatable bonds is 3. The summed E-state index contributed by atoms with van der Waals surface area (Å²) in [4.78, 5) is 0. The summed E-state index contributed by atoms with van der Waals surface area (Å²) in [5.74, 6) is -1.45. The quantitative estimate of drug-likeness (QED) is 0.487. The first-order chi connectivity index (χ1) is 9.05. The van der Waals surface area contributed by atoms with Crippen molar-refractivity contribution < 1.29 is 30.2 Å². The monoisotopic (exact) mass is 312 g/mol. The Morgan fingerprint density at radius 2 is 1.85 bits per heavy atom. The SMILES string of the molecule is CC1(c2ccc(OS(=O)(=O)C(F)(F)F)cc2F)CCC1. The molecular weight excluding hydrogens is 300 g/mol. The molecule has 0 saturated heterocycles. The van der Waals surface area contributed by atoms with Gasteiger partial charge in [-0.2, -0.15) is 21.6 Å². The Kier molecular flexibility index (Phi) is 3.48. The summed E-state index contributed by atoms with van der Waals surface area (Å²) in [5, 5.41) is 0. The van der Waals surface area contributed by atoms with Crippen molar-refractivity contribution in [3.8, 4) is 5.75 Å². The van der Waals surface area contributed by atoms with E-state index in [0.29, 0.717) is 11.6 Å². The second-order valence-electron chi connectivity index (χ2n) is 5.04. The maximum absolute atomic E-state index is 13.9. The molecule has 0 N–H and O–H groups in total. The highest BCUT2D eigenvalue weighted by molar-refractivity contribution is 7.87. The molecule has 1 aliphatic carbocycles. The Hall–Kier alpha value is -1.31. The summed E-state index contributed by atoms with van der Waals surface area (Å²) < 4.78 is 75.8. The smallest absolute Gasteiger partial charge is 0.376 e. The summed E-state index contributed by atoms with van der Waals surface area (Å²) in [6, 6.07) is 2.98. The van der Waals surface area contributed by atoms with E-state index in [1.54, 1.807) is 0 Å². The van der Waals surface area contributed by atoms with Crippen LogP contribution < -0.4 is 4.18 Å². The number of hydrogen-bond donors (Lipinski definition) is 0. The molecular formula is C12H12F4O3S. The van der Waals surface area contributed by atoms with E-state index in [1.165, 1.54) is 6.07 Å². The van der Waals surface area contributed by atoms with Gasteiger partial charge < -0.3 is 4.18 Å². The Morgan fingerprint density at radius 1 is 1.25 bits per heavy atom. The molecule has 0 aliphatic heterocycles. The van der Waals surface area contributed by atoms with Gasteiger partial charge in [0.05, 0.1) is 0 Å². The second-order valence-corrected chi connectivity index (χ2v) is 6.58. The average Bonchev–Trinajstić information content (AvgIpc) is 2.24. The first kappa shape index (κ1) is 15.1. The minimum Gasteiger partial charge on any atom is -0.376 e. The van der Waals surface area contributed by atoms with Crippen LogP contribution in [0.1, 0.15) is 31.7 Å². The molecule has 1 aliphatic rings. The summed E-state index contributed by atoms with van der Waals surface area (Å²) >= 11 is 0. The first-order valence-corrected chi connectivity index (χ1v) is 7.27. The highest BCUT2D eigenvalue weighted by Gasteiger charge is 2.48. The normalized spacial score (nSPS) is 18.4. The van der Waals surface area contributed by atoms with E-state index in [9.17, 15) is 26.0 Å². The summed E-state index contributed by atoms with van der Waals surface area (Å²) in [5.41, 5.74) is -5.52. The van der Waals surface area contributed by atoms with Crippen molar-refractivity contribution in [2.75, 3.05) is 0 Å². The van der Waals surface area contributed by atoms with Crippen LogP contribution in [0.25, 0.3) is 0 Å². The minimum atomic E-state index is -5.77. The molecule has 3 nitrogen and oxygen atoms in total. The van der Waals surface area contributed by atoms with Crippen LogP contribution in [0.15, 0.2) is 18.2 Å². The van der Waals surface area contributed by atoms with Crippen molar-refractivity contribution in [3.63, 3.8) is 0 Å². The lowest BCUT2D eigenvalue weighted by molar-refractivity contribution is -0.0500. The van der Waals surface area contributed by atoms with Gasteiger partial charge in [-0.3, -0.25) is 0 Å². The van der Waals surface area contributed by atoms with Gasteiger partial charge in [0.15, 0.2) is 0 Å². The van der Waals surface area contributed by atoms with E-state index in [2.05, 4.69) is 4.18 Å². The average molecular weight is 312 g/mol. The van der Waals surface area contributed by atoms with Crippen molar-refractivity contribution >= 4 is 10.1 Å². The highest BCUT2D eigenvalue weighted by Crippen LogP contribution is 2.44. The predicted molar refractivity (Wildman–Crippen MR) is 63.2 cm³/mol. The lowest BCUT2D eigenvalue weighted by atomic mass is 9.66. The van der Waals surface area contributed by atoms with E-state index < -0.39 is 27.2 Å². The Balaban J connectivity index is 2.27. The zero-order chi connectivity index (χ0) is 15.2. The van der Waals surface area contributed by atoms with Crippen LogP contribution in [0.2, 0.25) is 0 Å². The van der Waals surface area contributed by atoms with E-state index in [1.807, 2.05) is 6.92 Å². The van der Waals surface area contributed by atoms with Crippen molar-refractivity contribution in [1.29, 1.82) is 0 Å². The van der Waals surface area contributed by atoms with Crippen molar-refractivity contribution in [3.05, 3.63) is 29.6 Å². The zero-order valence-corrected chi connectivity index (χ0v) is 11.3. The Labute approximate surface area is 113 Å². The Bertz CT molecular complexity index is 618. The maximum Gasteiger partial charge on any atom is 0.534 e. The van der Waals surface area contributed by atoms with Crippen molar-refractivity contribution in [2.24, 2.45) is 0 Å². The van der Waals surface area contributed by atoms with Crippen molar-refractivity contribution in [2.45, 2.75) is 37.1 Å². The molecule has 0 aromatic heterocycles. The molecule has 0 spiro atoms. The number of alkyl halides is 3. The molecule has 0 unspecified atom stereocenters. The van der Waals surface area contributed by atoms with Gasteiger partial charge in [0.25, 0.3) is 0 Å². The summed E-state index contributed by atoms with van der Waals surface area (Å²) in [6.45, 7) is 1.85. The van der Waals surface area contributed by atoms with Crippen LogP contribution in [-0.2, 0) is 15.5 Å². The van der Waals surface area contributed by atoms with Gasteiger partial charge in [0.1, 0.15) is 11.6 Å². The molecule has 0 atom stereocenters. The van der Waals surface area contributed by atoms with Gasteiger partial charge in [-0.05, 0) is 29.9 Å². The molecule has 2 rings (SSSR count). The van der Waals surface area contributed by atoms with Gasteiger partial charge in [-0.15, -0.1) is 0 Å². The first-order valence-electron chi connectivity index (χ1n) is 5.86. The molecule has 0 amide bonds. The molecule has 1 aromatic carbocycles. The molecule has 0 bridgehead atoms. The van der Waals surface area contributed by atoms with E-state index >= 15 is 0 Å². The number of benzene rings is 1. The molecule has 0 heterocycles. The van der Waals surface area contributed by atoms with Gasteiger partial charge in [-0.1, -0.05) is 19.4 Å². The predicted octanol–water partition coefficient (Wildman–Crippen LogP) is 3.50. The van der Waals surface area contributed by atoms with Crippen LogP contribution >= 0.6 is 0 Å². The third kappa shape index (κ3) is 2.61. The van der Waals surface area contributed by atoms with Gasteiger partial charge in [0, 0.05) is 6.07 Å². The lowest BCUT2D eigenvalue weighted by Gasteiger charge is -2.39. The third-order valence-corrected chi connectivity index (χ3v) is 4.52. The van der Waals surface area contributed by atoms with Crippen LogP contribution in [0.3, 0.4) is 0 Å². The van der Waals surface area contributed by atoms with Gasteiger partial charge in [0.2, 0.25) is 0 Å². The highest BCUT2D eigenvalue weighted by atomic mass is 32.2. The van der Waals surface area contributed by atoms with E-state index in [-0.39, 0.29) is 5.41 Å². The van der Waals surface area contributed by atoms with Gasteiger partial charge >= 0.3 is 15.6 Å². The summed E-state index contributed by atoms with van der Waals surface area (Å²) in [7, 11) is -5.77. The number of halogens is 4. The second kappa shape index (κ2) is 4.61. The van der Waals surface area contributed by atoms with Crippen LogP contribution in [0.4, 0.5) is 17.6 Å².